The standard InChI is InChI=1S/C24H27NO3S2/c1-6-17(5)28-20-11-9-18(13-21(20)27-7-2)14-22-23(26)25(24(29)30-22)19-10-8-15(3)16(4)12-19/h8-14,17H,6-7H2,1-5H3. The Morgan fingerprint density at radius 3 is 2.53 bits per heavy atom. The van der Waals surface area contributed by atoms with Crippen molar-refractivity contribution in [1.29, 1.82) is 0 Å². The number of anilines is 1. The molecule has 1 aliphatic rings. The summed E-state index contributed by atoms with van der Waals surface area (Å²) in [7, 11) is 0. The minimum atomic E-state index is -0.105. The topological polar surface area (TPSA) is 38.8 Å². The normalized spacial score (nSPS) is 16.3. The number of carbonyl (C=O) groups is 1. The molecule has 1 unspecified atom stereocenters. The number of aryl methyl sites for hydroxylation is 2. The number of thiocarbonyl (C=S) groups is 1. The van der Waals surface area contributed by atoms with Crippen molar-refractivity contribution in [2.75, 3.05) is 11.5 Å². The third-order valence-electron chi connectivity index (χ3n) is 5.01. The summed E-state index contributed by atoms with van der Waals surface area (Å²) in [5.41, 5.74) is 3.98. The van der Waals surface area contributed by atoms with Gasteiger partial charge in [0, 0.05) is 0 Å². The molecular weight excluding hydrogens is 414 g/mol. The van der Waals surface area contributed by atoms with Gasteiger partial charge in [-0.3, -0.25) is 9.69 Å². The largest absolute Gasteiger partial charge is 0.490 e. The minimum Gasteiger partial charge on any atom is -0.490 e. The number of thioether (sulfide) groups is 1. The van der Waals surface area contributed by atoms with Gasteiger partial charge in [0.2, 0.25) is 0 Å². The molecule has 0 aliphatic carbocycles. The number of carbonyl (C=O) groups excluding carboxylic acids is 1. The Labute approximate surface area is 188 Å². The van der Waals surface area contributed by atoms with E-state index in [0.717, 1.165) is 23.2 Å². The van der Waals surface area contributed by atoms with Crippen LogP contribution in [0, 0.1) is 13.8 Å². The molecule has 3 rings (SSSR count). The zero-order valence-corrected chi connectivity index (χ0v) is 19.7. The van der Waals surface area contributed by atoms with Crippen molar-refractivity contribution in [2.24, 2.45) is 0 Å². The van der Waals surface area contributed by atoms with E-state index in [9.17, 15) is 4.79 Å². The van der Waals surface area contributed by atoms with Crippen molar-refractivity contribution in [3.63, 3.8) is 0 Å². The highest BCUT2D eigenvalue weighted by Gasteiger charge is 2.33. The van der Waals surface area contributed by atoms with Gasteiger partial charge in [0.1, 0.15) is 0 Å². The summed E-state index contributed by atoms with van der Waals surface area (Å²) < 4.78 is 12.3. The summed E-state index contributed by atoms with van der Waals surface area (Å²) in [6.45, 7) is 10.7. The summed E-state index contributed by atoms with van der Waals surface area (Å²) >= 11 is 6.82. The molecule has 1 atom stereocenters. The molecule has 2 aromatic carbocycles. The van der Waals surface area contributed by atoms with E-state index in [1.807, 2.05) is 70.2 Å². The van der Waals surface area contributed by atoms with E-state index in [4.69, 9.17) is 21.7 Å². The Kier molecular flexibility index (Phi) is 7.21. The van der Waals surface area contributed by atoms with Gasteiger partial charge < -0.3 is 9.47 Å². The first kappa shape index (κ1) is 22.4. The summed E-state index contributed by atoms with van der Waals surface area (Å²) in [5.74, 6) is 1.29. The maximum Gasteiger partial charge on any atom is 0.270 e. The maximum atomic E-state index is 13.1. The van der Waals surface area contributed by atoms with E-state index in [1.54, 1.807) is 4.90 Å². The van der Waals surface area contributed by atoms with E-state index >= 15 is 0 Å². The highest BCUT2D eigenvalue weighted by Crippen LogP contribution is 2.38. The number of benzene rings is 2. The quantitative estimate of drug-likeness (QED) is 0.373. The molecule has 1 heterocycles. The number of rotatable bonds is 7. The fourth-order valence-electron chi connectivity index (χ4n) is 2.99. The van der Waals surface area contributed by atoms with Crippen LogP contribution < -0.4 is 14.4 Å². The third kappa shape index (κ3) is 4.87. The average Bonchev–Trinajstić information content (AvgIpc) is 2.99. The van der Waals surface area contributed by atoms with E-state index in [1.165, 1.54) is 17.3 Å². The Bertz CT molecular complexity index is 1000. The zero-order valence-electron chi connectivity index (χ0n) is 18.0. The molecular formula is C24H27NO3S2. The maximum absolute atomic E-state index is 13.1. The number of hydrogen-bond donors (Lipinski definition) is 0. The fourth-order valence-corrected chi connectivity index (χ4v) is 4.29. The number of nitrogens with zero attached hydrogens (tertiary/aromatic N) is 1. The van der Waals surface area contributed by atoms with Crippen LogP contribution in [0.2, 0.25) is 0 Å². The molecule has 0 bridgehead atoms. The molecule has 1 amide bonds. The van der Waals surface area contributed by atoms with E-state index < -0.39 is 0 Å². The van der Waals surface area contributed by atoms with Crippen LogP contribution in [0.3, 0.4) is 0 Å². The molecule has 0 saturated carbocycles. The molecule has 0 aromatic heterocycles. The van der Waals surface area contributed by atoms with Crippen LogP contribution >= 0.6 is 24.0 Å². The Morgan fingerprint density at radius 1 is 1.10 bits per heavy atom. The summed E-state index contributed by atoms with van der Waals surface area (Å²) in [6, 6.07) is 11.7. The lowest BCUT2D eigenvalue weighted by atomic mass is 10.1. The number of amides is 1. The van der Waals surface area contributed by atoms with Crippen LogP contribution in [0.15, 0.2) is 41.3 Å². The first-order valence-corrected chi connectivity index (χ1v) is 11.3. The SMILES string of the molecule is CCOc1cc(C=C2SC(=S)N(c3ccc(C)c(C)c3)C2=O)ccc1OC(C)CC. The van der Waals surface area contributed by atoms with Crippen LogP contribution in [0.5, 0.6) is 11.5 Å². The van der Waals surface area contributed by atoms with Crippen molar-refractivity contribution in [3.8, 4) is 11.5 Å². The molecule has 158 valence electrons. The third-order valence-corrected chi connectivity index (χ3v) is 6.31. The predicted octanol–water partition coefficient (Wildman–Crippen LogP) is 6.29. The summed E-state index contributed by atoms with van der Waals surface area (Å²) in [6.07, 6.45) is 2.87. The van der Waals surface area contributed by atoms with E-state index in [2.05, 4.69) is 6.92 Å². The second-order valence-electron chi connectivity index (χ2n) is 7.26. The second kappa shape index (κ2) is 9.67. The molecule has 1 saturated heterocycles. The van der Waals surface area contributed by atoms with Gasteiger partial charge in [-0.15, -0.1) is 0 Å². The van der Waals surface area contributed by atoms with Crippen molar-refractivity contribution >= 4 is 46.0 Å². The highest BCUT2D eigenvalue weighted by molar-refractivity contribution is 8.27. The zero-order chi connectivity index (χ0) is 21.8. The Balaban J connectivity index is 1.89. The molecule has 1 aliphatic heterocycles. The second-order valence-corrected chi connectivity index (χ2v) is 8.94. The lowest BCUT2D eigenvalue weighted by Gasteiger charge is -2.17. The molecule has 4 nitrogen and oxygen atoms in total. The van der Waals surface area contributed by atoms with E-state index in [-0.39, 0.29) is 12.0 Å². The highest BCUT2D eigenvalue weighted by atomic mass is 32.2. The minimum absolute atomic E-state index is 0.101. The Morgan fingerprint density at radius 2 is 1.87 bits per heavy atom. The van der Waals surface area contributed by atoms with Crippen LogP contribution in [0.1, 0.15) is 43.9 Å². The fraction of sp³-hybridized carbons (Fsp3) is 0.333. The molecule has 6 heteroatoms. The number of ether oxygens (including phenoxy) is 2. The lowest BCUT2D eigenvalue weighted by Crippen LogP contribution is -2.27. The molecule has 1 fully saturated rings. The van der Waals surface area contributed by atoms with Crippen molar-refractivity contribution in [2.45, 2.75) is 47.1 Å². The first-order chi connectivity index (χ1) is 14.3. The molecule has 30 heavy (non-hydrogen) atoms. The summed E-state index contributed by atoms with van der Waals surface area (Å²) in [5, 5.41) is 0. The molecule has 0 spiro atoms. The molecule has 0 radical (unpaired) electrons. The predicted molar refractivity (Wildman–Crippen MR) is 130 cm³/mol. The monoisotopic (exact) mass is 441 g/mol. The molecule has 0 N–H and O–H groups in total. The van der Waals surface area contributed by atoms with Gasteiger partial charge in [0.05, 0.1) is 23.3 Å². The van der Waals surface area contributed by atoms with Crippen LogP contribution in [-0.4, -0.2) is 22.9 Å². The van der Waals surface area contributed by atoms with Gasteiger partial charge in [0.25, 0.3) is 5.91 Å². The van der Waals surface area contributed by atoms with E-state index in [0.29, 0.717) is 27.3 Å². The van der Waals surface area contributed by atoms with Gasteiger partial charge in [-0.1, -0.05) is 43.0 Å². The number of hydrogen-bond acceptors (Lipinski definition) is 5. The van der Waals surface area contributed by atoms with Crippen molar-refractivity contribution < 1.29 is 14.3 Å². The van der Waals surface area contributed by atoms with Crippen LogP contribution in [0.4, 0.5) is 5.69 Å². The van der Waals surface area contributed by atoms with Gasteiger partial charge in [-0.25, -0.2) is 0 Å². The smallest absolute Gasteiger partial charge is 0.270 e. The first-order valence-electron chi connectivity index (χ1n) is 10.1. The molecule has 2 aromatic rings. The van der Waals surface area contributed by atoms with Gasteiger partial charge in [-0.05, 0) is 81.1 Å². The van der Waals surface area contributed by atoms with Crippen LogP contribution in [-0.2, 0) is 4.79 Å². The van der Waals surface area contributed by atoms with Crippen molar-refractivity contribution in [1.82, 2.24) is 0 Å². The Hall–Kier alpha value is -2.31. The average molecular weight is 442 g/mol. The lowest BCUT2D eigenvalue weighted by molar-refractivity contribution is -0.113. The van der Waals surface area contributed by atoms with Gasteiger partial charge in [-0.2, -0.15) is 0 Å². The van der Waals surface area contributed by atoms with Crippen molar-refractivity contribution in [3.05, 3.63) is 58.0 Å². The summed E-state index contributed by atoms with van der Waals surface area (Å²) in [4.78, 5) is 15.3. The van der Waals surface area contributed by atoms with Gasteiger partial charge >= 0.3 is 0 Å². The van der Waals surface area contributed by atoms with Gasteiger partial charge in [0.15, 0.2) is 15.8 Å². The van der Waals surface area contributed by atoms with Crippen LogP contribution in [0.25, 0.3) is 6.08 Å².